The molecule has 1 rings (SSSR count). The summed E-state index contributed by atoms with van der Waals surface area (Å²) < 4.78 is 50.8. The molecule has 0 aliphatic carbocycles. The molecule has 1 N–H and O–H groups in total. The quantitative estimate of drug-likeness (QED) is 0.833. The highest BCUT2D eigenvalue weighted by molar-refractivity contribution is 9.10. The van der Waals surface area contributed by atoms with Crippen LogP contribution in [0.25, 0.3) is 0 Å². The highest BCUT2D eigenvalue weighted by Gasteiger charge is 2.18. The summed E-state index contributed by atoms with van der Waals surface area (Å²) in [6, 6.07) is 0.697. The van der Waals surface area contributed by atoms with Crippen LogP contribution in [0.15, 0.2) is 16.6 Å². The monoisotopic (exact) mass is 285 g/mol. The predicted molar refractivity (Wildman–Crippen MR) is 53.1 cm³/mol. The normalized spacial score (nSPS) is 13.0. The second kappa shape index (κ2) is 4.83. The molecular formula is C9H8BrF4N. The fraction of sp³-hybridized carbons (Fsp3) is 0.333. The molecule has 1 aromatic carbocycles. The molecule has 84 valence electrons. The molecule has 0 heterocycles. The van der Waals surface area contributed by atoms with Crippen molar-refractivity contribution < 1.29 is 17.6 Å². The molecule has 1 aromatic rings. The van der Waals surface area contributed by atoms with Gasteiger partial charge in [0.1, 0.15) is 17.3 Å². The third-order valence-corrected chi connectivity index (χ3v) is 2.21. The van der Waals surface area contributed by atoms with Crippen LogP contribution >= 0.6 is 15.9 Å². The van der Waals surface area contributed by atoms with Crippen LogP contribution < -0.4 is 5.32 Å². The summed E-state index contributed by atoms with van der Waals surface area (Å²) in [6.45, 7) is 1.14. The standard InChI is InChI=1S/C9H8BrF4N/c1-4(9(13)14)15-8-6(11)2-5(10)3-7(8)12/h2-4,9,15H,1H3. The van der Waals surface area contributed by atoms with Gasteiger partial charge >= 0.3 is 0 Å². The molecule has 0 aromatic heterocycles. The molecule has 0 saturated heterocycles. The maximum absolute atomic E-state index is 13.2. The predicted octanol–water partition coefficient (Wildman–Crippen LogP) is 3.79. The Balaban J connectivity index is 2.95. The Morgan fingerprint density at radius 2 is 1.67 bits per heavy atom. The fourth-order valence-corrected chi connectivity index (χ4v) is 1.37. The van der Waals surface area contributed by atoms with Crippen LogP contribution in [0.1, 0.15) is 6.92 Å². The number of rotatable bonds is 3. The van der Waals surface area contributed by atoms with Gasteiger partial charge in [0.05, 0.1) is 6.04 Å². The zero-order valence-electron chi connectivity index (χ0n) is 7.70. The van der Waals surface area contributed by atoms with Crippen LogP contribution in [0.2, 0.25) is 0 Å². The average molecular weight is 286 g/mol. The maximum Gasteiger partial charge on any atom is 0.258 e. The SMILES string of the molecule is CC(Nc1c(F)cc(Br)cc1F)C(F)F. The number of benzene rings is 1. The van der Waals surface area contributed by atoms with Gasteiger partial charge in [0, 0.05) is 4.47 Å². The van der Waals surface area contributed by atoms with Crippen LogP contribution in [0.4, 0.5) is 23.2 Å². The van der Waals surface area contributed by atoms with Crippen molar-refractivity contribution in [1.82, 2.24) is 0 Å². The zero-order chi connectivity index (χ0) is 11.6. The van der Waals surface area contributed by atoms with Crippen LogP contribution in [-0.4, -0.2) is 12.5 Å². The Hall–Kier alpha value is -0.780. The molecule has 1 unspecified atom stereocenters. The van der Waals surface area contributed by atoms with Gasteiger partial charge in [-0.05, 0) is 19.1 Å². The van der Waals surface area contributed by atoms with Crippen LogP contribution in [0.5, 0.6) is 0 Å². The highest BCUT2D eigenvalue weighted by Crippen LogP contribution is 2.25. The molecule has 0 amide bonds. The van der Waals surface area contributed by atoms with E-state index in [0.29, 0.717) is 0 Å². The lowest BCUT2D eigenvalue weighted by Gasteiger charge is -2.15. The molecule has 0 saturated carbocycles. The summed E-state index contributed by atoms with van der Waals surface area (Å²) in [7, 11) is 0. The van der Waals surface area contributed by atoms with Crippen molar-refractivity contribution >= 4 is 21.6 Å². The van der Waals surface area contributed by atoms with Gasteiger partial charge in [-0.25, -0.2) is 17.6 Å². The van der Waals surface area contributed by atoms with E-state index in [4.69, 9.17) is 0 Å². The molecule has 1 nitrogen and oxygen atoms in total. The third-order valence-electron chi connectivity index (χ3n) is 1.76. The number of anilines is 1. The molecule has 0 fully saturated rings. The van der Waals surface area contributed by atoms with Gasteiger partial charge in [-0.15, -0.1) is 0 Å². The number of hydrogen-bond donors (Lipinski definition) is 1. The number of nitrogens with one attached hydrogen (secondary N) is 1. The molecule has 1 atom stereocenters. The van der Waals surface area contributed by atoms with Crippen LogP contribution in [0, 0.1) is 11.6 Å². The van der Waals surface area contributed by atoms with E-state index in [1.54, 1.807) is 0 Å². The van der Waals surface area contributed by atoms with E-state index in [1.807, 2.05) is 0 Å². The van der Waals surface area contributed by atoms with Crippen molar-refractivity contribution in [3.8, 4) is 0 Å². The second-order valence-corrected chi connectivity index (χ2v) is 3.93. The molecular weight excluding hydrogens is 278 g/mol. The van der Waals surface area contributed by atoms with E-state index < -0.39 is 29.8 Å². The van der Waals surface area contributed by atoms with Gasteiger partial charge < -0.3 is 5.32 Å². The topological polar surface area (TPSA) is 12.0 Å². The molecule has 0 bridgehead atoms. The largest absolute Gasteiger partial charge is 0.372 e. The van der Waals surface area contributed by atoms with Crippen molar-refractivity contribution in [2.45, 2.75) is 19.4 Å². The summed E-state index contributed by atoms with van der Waals surface area (Å²) in [5.74, 6) is -1.82. The Bertz CT molecular complexity index is 333. The van der Waals surface area contributed by atoms with E-state index in [1.165, 1.54) is 0 Å². The Kier molecular flexibility index (Phi) is 3.96. The highest BCUT2D eigenvalue weighted by atomic mass is 79.9. The molecule has 6 heteroatoms. The van der Waals surface area contributed by atoms with Crippen LogP contribution in [0.3, 0.4) is 0 Å². The van der Waals surface area contributed by atoms with E-state index >= 15 is 0 Å². The summed E-state index contributed by atoms with van der Waals surface area (Å²) in [4.78, 5) is 0. The lowest BCUT2D eigenvalue weighted by molar-refractivity contribution is 0.130. The molecule has 15 heavy (non-hydrogen) atoms. The minimum atomic E-state index is -2.69. The third kappa shape index (κ3) is 3.09. The first-order valence-electron chi connectivity index (χ1n) is 4.11. The zero-order valence-corrected chi connectivity index (χ0v) is 9.29. The van der Waals surface area contributed by atoms with Crippen molar-refractivity contribution in [2.75, 3.05) is 5.32 Å². The average Bonchev–Trinajstić information content (AvgIpc) is 2.10. The van der Waals surface area contributed by atoms with Crippen molar-refractivity contribution in [1.29, 1.82) is 0 Å². The summed E-state index contributed by atoms with van der Waals surface area (Å²) in [5.41, 5.74) is -0.536. The number of halogens is 5. The van der Waals surface area contributed by atoms with Gasteiger partial charge in [-0.2, -0.15) is 0 Å². The minimum absolute atomic E-state index is 0.216. The summed E-state index contributed by atoms with van der Waals surface area (Å²) in [6.07, 6.45) is -2.69. The maximum atomic E-state index is 13.2. The first-order valence-corrected chi connectivity index (χ1v) is 4.90. The molecule has 0 radical (unpaired) electrons. The van der Waals surface area contributed by atoms with Crippen LogP contribution in [-0.2, 0) is 0 Å². The Labute approximate surface area is 92.6 Å². The molecule has 0 aliphatic heterocycles. The number of alkyl halides is 2. The van der Waals surface area contributed by atoms with Gasteiger partial charge in [0.15, 0.2) is 0 Å². The lowest BCUT2D eigenvalue weighted by Crippen LogP contribution is -2.25. The molecule has 0 aliphatic rings. The lowest BCUT2D eigenvalue weighted by atomic mass is 10.2. The van der Waals surface area contributed by atoms with Crippen molar-refractivity contribution in [2.24, 2.45) is 0 Å². The Morgan fingerprint density at radius 1 is 1.20 bits per heavy atom. The number of hydrogen-bond acceptors (Lipinski definition) is 1. The van der Waals surface area contributed by atoms with Gasteiger partial charge in [-0.3, -0.25) is 0 Å². The Morgan fingerprint density at radius 3 is 2.07 bits per heavy atom. The smallest absolute Gasteiger partial charge is 0.258 e. The van der Waals surface area contributed by atoms with Gasteiger partial charge in [0.2, 0.25) is 0 Å². The minimum Gasteiger partial charge on any atom is -0.372 e. The van der Waals surface area contributed by atoms with E-state index in [-0.39, 0.29) is 4.47 Å². The first kappa shape index (κ1) is 12.3. The fourth-order valence-electron chi connectivity index (χ4n) is 0.971. The second-order valence-electron chi connectivity index (χ2n) is 3.01. The summed E-state index contributed by atoms with van der Waals surface area (Å²) in [5, 5.41) is 2.08. The van der Waals surface area contributed by atoms with Crippen molar-refractivity contribution in [3.05, 3.63) is 28.2 Å². The van der Waals surface area contributed by atoms with Crippen molar-refractivity contribution in [3.63, 3.8) is 0 Å². The van der Waals surface area contributed by atoms with E-state index in [9.17, 15) is 17.6 Å². The van der Waals surface area contributed by atoms with E-state index in [0.717, 1.165) is 19.1 Å². The van der Waals surface area contributed by atoms with Gasteiger partial charge in [-0.1, -0.05) is 15.9 Å². The summed E-state index contributed by atoms with van der Waals surface area (Å²) >= 11 is 2.89. The van der Waals surface area contributed by atoms with Gasteiger partial charge in [0.25, 0.3) is 6.43 Å². The first-order chi connectivity index (χ1) is 6.91. The molecule has 0 spiro atoms. The van der Waals surface area contributed by atoms with E-state index in [2.05, 4.69) is 21.2 Å².